The zero-order chi connectivity index (χ0) is 15.4. The molecule has 2 rings (SSSR count). The number of carboxylic acids is 1. The van der Waals surface area contributed by atoms with Gasteiger partial charge in [0.25, 0.3) is 5.91 Å². The van der Waals surface area contributed by atoms with E-state index in [0.29, 0.717) is 0 Å². The number of aromatic nitrogens is 2. The van der Waals surface area contributed by atoms with Gasteiger partial charge >= 0.3 is 12.0 Å². The van der Waals surface area contributed by atoms with Crippen molar-refractivity contribution in [2.24, 2.45) is 0 Å². The number of benzene rings is 1. The summed E-state index contributed by atoms with van der Waals surface area (Å²) >= 11 is 0. The molecule has 0 radical (unpaired) electrons. The van der Waals surface area contributed by atoms with E-state index in [0.717, 1.165) is 18.2 Å². The minimum atomic E-state index is -1.29. The average Bonchev–Trinajstić information content (AvgIpc) is 2.81. The Morgan fingerprint density at radius 1 is 1.43 bits per heavy atom. The van der Waals surface area contributed by atoms with Crippen LogP contribution in [0.1, 0.15) is 16.2 Å². The Labute approximate surface area is 117 Å². The average molecular weight is 295 g/mol. The van der Waals surface area contributed by atoms with E-state index in [1.165, 1.54) is 0 Å². The lowest BCUT2D eigenvalue weighted by atomic mass is 10.2. The minimum Gasteiger partial charge on any atom is -0.483 e. The number of halogens is 1. The number of aromatic carboxylic acids is 1. The summed E-state index contributed by atoms with van der Waals surface area (Å²) in [6, 6.07) is 2.80. The van der Waals surface area contributed by atoms with E-state index >= 15 is 0 Å². The Hall–Kier alpha value is -2.97. The second kappa shape index (κ2) is 5.99. The zero-order valence-corrected chi connectivity index (χ0v) is 10.8. The number of nitrogens with zero attached hydrogens (tertiary/aromatic N) is 2. The first-order valence-electron chi connectivity index (χ1n) is 5.71. The molecule has 110 valence electrons. The van der Waals surface area contributed by atoms with Crippen molar-refractivity contribution in [3.8, 4) is 5.75 Å². The second-order valence-corrected chi connectivity index (χ2v) is 3.91. The molecule has 0 bridgehead atoms. The molecule has 0 spiro atoms. The normalized spacial score (nSPS) is 10.2. The fourth-order valence-corrected chi connectivity index (χ4v) is 1.44. The number of carbonyl (C=O) groups excluding carboxylic acids is 1. The first kappa shape index (κ1) is 14.4. The van der Waals surface area contributed by atoms with Crippen LogP contribution in [-0.4, -0.2) is 33.8 Å². The van der Waals surface area contributed by atoms with E-state index in [-0.39, 0.29) is 23.2 Å². The van der Waals surface area contributed by atoms with Crippen LogP contribution < -0.4 is 10.1 Å². The molecular formula is C12H10FN3O5. The summed E-state index contributed by atoms with van der Waals surface area (Å²) < 4.78 is 23.0. The van der Waals surface area contributed by atoms with Crippen LogP contribution in [0.4, 0.5) is 10.4 Å². The molecule has 9 heteroatoms. The number of anilines is 1. The van der Waals surface area contributed by atoms with Crippen LogP contribution in [0.2, 0.25) is 0 Å². The van der Waals surface area contributed by atoms with E-state index in [2.05, 4.69) is 15.5 Å². The number of hydrogen-bond acceptors (Lipinski definition) is 6. The number of carboxylic acid groups (broad SMARTS) is 1. The number of amides is 1. The molecule has 0 atom stereocenters. The fourth-order valence-electron chi connectivity index (χ4n) is 1.44. The smallest absolute Gasteiger partial charge is 0.339 e. The van der Waals surface area contributed by atoms with Crippen LogP contribution in [0.5, 0.6) is 5.75 Å². The summed E-state index contributed by atoms with van der Waals surface area (Å²) in [5, 5.41) is 18.2. The summed E-state index contributed by atoms with van der Waals surface area (Å²) in [7, 11) is 0. The highest BCUT2D eigenvalue weighted by atomic mass is 19.1. The maximum atomic E-state index is 13.1. The van der Waals surface area contributed by atoms with Gasteiger partial charge in [-0.3, -0.25) is 10.1 Å². The van der Waals surface area contributed by atoms with Gasteiger partial charge in [0.05, 0.1) is 0 Å². The van der Waals surface area contributed by atoms with Crippen LogP contribution in [0.25, 0.3) is 0 Å². The largest absolute Gasteiger partial charge is 0.483 e. The molecule has 0 saturated carbocycles. The molecule has 0 aliphatic rings. The third kappa shape index (κ3) is 3.75. The van der Waals surface area contributed by atoms with Gasteiger partial charge in [0.2, 0.25) is 5.89 Å². The van der Waals surface area contributed by atoms with Crippen LogP contribution in [0.15, 0.2) is 22.6 Å². The number of aryl methyl sites for hydroxylation is 1. The van der Waals surface area contributed by atoms with E-state index in [9.17, 15) is 14.0 Å². The Bertz CT molecular complexity index is 685. The summed E-state index contributed by atoms with van der Waals surface area (Å²) in [4.78, 5) is 22.5. The Morgan fingerprint density at radius 2 is 2.19 bits per heavy atom. The van der Waals surface area contributed by atoms with Gasteiger partial charge in [0, 0.05) is 13.0 Å². The lowest BCUT2D eigenvalue weighted by molar-refractivity contribution is -0.118. The highest BCUT2D eigenvalue weighted by molar-refractivity contribution is 5.92. The van der Waals surface area contributed by atoms with Crippen molar-refractivity contribution < 1.29 is 28.2 Å². The predicted molar refractivity (Wildman–Crippen MR) is 66.5 cm³/mol. The van der Waals surface area contributed by atoms with Crippen LogP contribution in [0, 0.1) is 12.7 Å². The van der Waals surface area contributed by atoms with Crippen molar-refractivity contribution in [1.82, 2.24) is 10.2 Å². The molecule has 1 heterocycles. The maximum Gasteiger partial charge on any atom is 0.339 e. The third-order valence-electron chi connectivity index (χ3n) is 2.31. The van der Waals surface area contributed by atoms with E-state index in [1.54, 1.807) is 6.92 Å². The van der Waals surface area contributed by atoms with Gasteiger partial charge in [0.15, 0.2) is 6.61 Å². The summed E-state index contributed by atoms with van der Waals surface area (Å²) in [6.45, 7) is 1.01. The first-order chi connectivity index (χ1) is 9.95. The molecule has 21 heavy (non-hydrogen) atoms. The summed E-state index contributed by atoms with van der Waals surface area (Å²) in [6.07, 6.45) is 0. The van der Waals surface area contributed by atoms with Crippen LogP contribution in [-0.2, 0) is 4.79 Å². The van der Waals surface area contributed by atoms with Gasteiger partial charge in [-0.15, -0.1) is 5.10 Å². The highest BCUT2D eigenvalue weighted by Gasteiger charge is 2.14. The Kier molecular flexibility index (Phi) is 4.12. The number of carbonyl (C=O) groups is 2. The van der Waals surface area contributed by atoms with Gasteiger partial charge < -0.3 is 14.3 Å². The van der Waals surface area contributed by atoms with Gasteiger partial charge in [-0.1, -0.05) is 5.10 Å². The molecule has 1 aromatic carbocycles. The Morgan fingerprint density at radius 3 is 2.81 bits per heavy atom. The van der Waals surface area contributed by atoms with E-state index in [1.807, 2.05) is 0 Å². The topological polar surface area (TPSA) is 115 Å². The van der Waals surface area contributed by atoms with Crippen molar-refractivity contribution >= 4 is 17.9 Å². The molecular weight excluding hydrogens is 285 g/mol. The van der Waals surface area contributed by atoms with Crippen LogP contribution >= 0.6 is 0 Å². The molecule has 1 aromatic heterocycles. The lowest BCUT2D eigenvalue weighted by Gasteiger charge is -2.08. The predicted octanol–water partition coefficient (Wildman–Crippen LogP) is 1.23. The molecule has 0 saturated heterocycles. The summed E-state index contributed by atoms with van der Waals surface area (Å²) in [5.41, 5.74) is -0.252. The standard InChI is InChI=1S/C12H10FN3O5/c1-6-15-16-12(21-6)14-10(17)5-20-9-4-7(13)2-3-8(9)11(18)19/h2-4H,5H2,1H3,(H,18,19)(H,14,16,17). The molecule has 2 aromatic rings. The van der Waals surface area contributed by atoms with Gasteiger partial charge in [-0.05, 0) is 12.1 Å². The second-order valence-electron chi connectivity index (χ2n) is 3.91. The molecule has 0 aliphatic carbocycles. The minimum absolute atomic E-state index is 0.112. The van der Waals surface area contributed by atoms with E-state index in [4.69, 9.17) is 14.3 Å². The molecule has 8 nitrogen and oxygen atoms in total. The van der Waals surface area contributed by atoms with Crippen LogP contribution in [0.3, 0.4) is 0 Å². The van der Waals surface area contributed by atoms with Gasteiger partial charge in [0.1, 0.15) is 17.1 Å². The molecule has 0 unspecified atom stereocenters. The highest BCUT2D eigenvalue weighted by Crippen LogP contribution is 2.20. The van der Waals surface area contributed by atoms with Crippen molar-refractivity contribution in [3.63, 3.8) is 0 Å². The fraction of sp³-hybridized carbons (Fsp3) is 0.167. The number of hydrogen-bond donors (Lipinski definition) is 2. The van der Waals surface area contributed by atoms with Crippen molar-refractivity contribution in [2.45, 2.75) is 6.92 Å². The SMILES string of the molecule is Cc1nnc(NC(=O)COc2cc(F)ccc2C(=O)O)o1. The first-order valence-corrected chi connectivity index (χ1v) is 5.71. The molecule has 0 fully saturated rings. The number of nitrogens with one attached hydrogen (secondary N) is 1. The monoisotopic (exact) mass is 295 g/mol. The zero-order valence-electron chi connectivity index (χ0n) is 10.8. The molecule has 2 N–H and O–H groups in total. The lowest BCUT2D eigenvalue weighted by Crippen LogP contribution is -2.21. The molecule has 0 aliphatic heterocycles. The summed E-state index contributed by atoms with van der Waals surface area (Å²) in [5.74, 6) is -2.61. The van der Waals surface area contributed by atoms with Crippen molar-refractivity contribution in [1.29, 1.82) is 0 Å². The number of rotatable bonds is 5. The van der Waals surface area contributed by atoms with Gasteiger partial charge in [-0.2, -0.15) is 0 Å². The maximum absolute atomic E-state index is 13.1. The van der Waals surface area contributed by atoms with Gasteiger partial charge in [-0.25, -0.2) is 9.18 Å². The Balaban J connectivity index is 2.00. The van der Waals surface area contributed by atoms with Crippen molar-refractivity contribution in [3.05, 3.63) is 35.5 Å². The van der Waals surface area contributed by atoms with Crippen molar-refractivity contribution in [2.75, 3.05) is 11.9 Å². The quantitative estimate of drug-likeness (QED) is 0.852. The molecule has 1 amide bonds. The van der Waals surface area contributed by atoms with E-state index < -0.39 is 24.3 Å². The third-order valence-corrected chi connectivity index (χ3v) is 2.31. The number of ether oxygens (including phenoxy) is 1.